The van der Waals surface area contributed by atoms with Crippen molar-refractivity contribution in [1.29, 1.82) is 0 Å². The van der Waals surface area contributed by atoms with Gasteiger partial charge in [-0.15, -0.1) is 37.1 Å². The molecule has 0 aliphatic heterocycles. The van der Waals surface area contributed by atoms with Gasteiger partial charge in [0.2, 0.25) is 0 Å². The number of hydrogen-bond donors (Lipinski definition) is 0. The molecule has 0 aromatic rings. The molecule has 0 spiro atoms. The first-order chi connectivity index (χ1) is 10.3. The number of hydrogen-bond acceptors (Lipinski definition) is 0. The van der Waals surface area contributed by atoms with Crippen molar-refractivity contribution in [3.8, 4) is 0 Å². The average molecular weight is 427 g/mol. The van der Waals surface area contributed by atoms with Gasteiger partial charge in [0.05, 0.1) is 0 Å². The Kier molecular flexibility index (Phi) is 16.1. The molecule has 0 aromatic carbocycles. The average Bonchev–Trinajstić information content (AvgIpc) is 3.17. The molecule has 0 saturated heterocycles. The molecule has 4 aliphatic carbocycles. The zero-order chi connectivity index (χ0) is 14.9. The third-order valence-electron chi connectivity index (χ3n) is 4.42. The summed E-state index contributed by atoms with van der Waals surface area (Å²) in [6.07, 6.45) is 26.1. The van der Waals surface area contributed by atoms with Crippen LogP contribution >= 0.6 is 0 Å². The van der Waals surface area contributed by atoms with Crippen molar-refractivity contribution in [2.24, 2.45) is 11.8 Å². The predicted octanol–water partition coefficient (Wildman–Crippen LogP) is -0.501. The van der Waals surface area contributed by atoms with Gasteiger partial charge in [-0.1, -0.05) is 25.9 Å². The summed E-state index contributed by atoms with van der Waals surface area (Å²) in [5.41, 5.74) is 3.16. The fourth-order valence-electron chi connectivity index (χ4n) is 3.33. The number of halogens is 2. The summed E-state index contributed by atoms with van der Waals surface area (Å²) < 4.78 is 0. The zero-order valence-electron chi connectivity index (χ0n) is 14.8. The standard InChI is InChI=1S/2C9H11.C2H7Si.2FH.Zr/c2*1-2-5-9-7-3-6-8(9)4-1;1-3-2;;;/h2*1-2,4,6,9H,3,5,7H2;3H,1-2H3;2*1H;/q2*-1;;;;+4/p-2. The molecule has 24 heavy (non-hydrogen) atoms. The molecule has 2 atom stereocenters. The van der Waals surface area contributed by atoms with Crippen LogP contribution in [-0.4, -0.2) is 9.52 Å². The maximum atomic E-state index is 2.37. The van der Waals surface area contributed by atoms with E-state index in [1.54, 1.807) is 11.1 Å². The maximum absolute atomic E-state index is 2.37. The SMILES string of the molecule is C1=CCC2CC[CH-]C2=C1.C1=CCC2CC[CH-]C2=C1.C[SiH]C.[F-].[F-].[Zr+4]. The van der Waals surface area contributed by atoms with E-state index in [2.05, 4.69) is 62.4 Å². The molecule has 0 aromatic heterocycles. The van der Waals surface area contributed by atoms with E-state index in [0.29, 0.717) is 0 Å². The van der Waals surface area contributed by atoms with Gasteiger partial charge in [-0.2, -0.15) is 0 Å². The van der Waals surface area contributed by atoms with Crippen molar-refractivity contribution < 1.29 is 35.6 Å². The summed E-state index contributed by atoms with van der Waals surface area (Å²) in [6, 6.07) is 0. The molecule has 4 heteroatoms. The molecule has 1 radical (unpaired) electrons. The summed E-state index contributed by atoms with van der Waals surface area (Å²) in [4.78, 5) is 0. The molecule has 0 nitrogen and oxygen atoms in total. The summed E-state index contributed by atoms with van der Waals surface area (Å²) in [5, 5.41) is 0. The Hall–Kier alpha value is -0.340. The van der Waals surface area contributed by atoms with Crippen LogP contribution in [0.4, 0.5) is 0 Å². The minimum absolute atomic E-state index is 0. The van der Waals surface area contributed by atoms with Crippen molar-refractivity contribution >= 4 is 9.52 Å². The minimum Gasteiger partial charge on any atom is -1.00 e. The Bertz CT molecular complexity index is 401. The van der Waals surface area contributed by atoms with E-state index in [1.807, 2.05) is 0 Å². The number of rotatable bonds is 0. The Morgan fingerprint density at radius 3 is 1.54 bits per heavy atom. The molecule has 4 aliphatic rings. The van der Waals surface area contributed by atoms with Crippen LogP contribution in [0.3, 0.4) is 0 Å². The fraction of sp³-hybridized carbons (Fsp3) is 0.500. The van der Waals surface area contributed by atoms with Gasteiger partial charge in [-0.3, -0.25) is 0 Å². The van der Waals surface area contributed by atoms with Crippen molar-refractivity contribution in [3.63, 3.8) is 0 Å². The van der Waals surface area contributed by atoms with Gasteiger partial charge >= 0.3 is 26.2 Å². The molecule has 2 unspecified atom stereocenters. The summed E-state index contributed by atoms with van der Waals surface area (Å²) >= 11 is 0. The first-order valence-electron chi connectivity index (χ1n) is 8.49. The molecule has 0 bridgehead atoms. The van der Waals surface area contributed by atoms with Gasteiger partial charge < -0.3 is 9.41 Å². The molecular weight excluding hydrogens is 398 g/mol. The van der Waals surface area contributed by atoms with E-state index in [9.17, 15) is 0 Å². The van der Waals surface area contributed by atoms with Crippen LogP contribution < -0.4 is 9.41 Å². The fourth-order valence-corrected chi connectivity index (χ4v) is 3.33. The van der Waals surface area contributed by atoms with E-state index in [-0.39, 0.29) is 35.6 Å². The Labute approximate surface area is 168 Å². The van der Waals surface area contributed by atoms with Crippen LogP contribution in [-0.2, 0) is 26.2 Å². The zero-order valence-corrected chi connectivity index (χ0v) is 18.5. The van der Waals surface area contributed by atoms with Crippen LogP contribution in [0.25, 0.3) is 0 Å². The third kappa shape index (κ3) is 8.16. The first kappa shape index (κ1) is 25.9. The molecular formula is C20H29F2SiZr. The quantitative estimate of drug-likeness (QED) is 0.362. The van der Waals surface area contributed by atoms with Gasteiger partial charge in [-0.25, -0.2) is 36.1 Å². The van der Waals surface area contributed by atoms with Crippen molar-refractivity contribution in [3.05, 3.63) is 60.4 Å². The van der Waals surface area contributed by atoms with Crippen LogP contribution in [0, 0.1) is 24.7 Å². The summed E-state index contributed by atoms with van der Waals surface area (Å²) in [5.74, 6) is 1.77. The maximum Gasteiger partial charge on any atom is 4.00 e. The van der Waals surface area contributed by atoms with Crippen LogP contribution in [0.5, 0.6) is 0 Å². The molecule has 4 rings (SSSR count). The van der Waals surface area contributed by atoms with Crippen molar-refractivity contribution in [2.45, 2.75) is 51.6 Å². The van der Waals surface area contributed by atoms with Gasteiger partial charge in [0.1, 0.15) is 0 Å². The normalized spacial score (nSPS) is 24.1. The van der Waals surface area contributed by atoms with Crippen LogP contribution in [0.1, 0.15) is 38.5 Å². The van der Waals surface area contributed by atoms with E-state index >= 15 is 0 Å². The van der Waals surface area contributed by atoms with E-state index < -0.39 is 0 Å². The first-order valence-corrected chi connectivity index (χ1v) is 10.8. The van der Waals surface area contributed by atoms with E-state index in [4.69, 9.17) is 0 Å². The Morgan fingerprint density at radius 2 is 1.21 bits per heavy atom. The predicted molar refractivity (Wildman–Crippen MR) is 96.6 cm³/mol. The second-order valence-electron chi connectivity index (χ2n) is 6.20. The molecule has 0 amide bonds. The number of fused-ring (bicyclic) bond motifs is 2. The summed E-state index contributed by atoms with van der Waals surface area (Å²) in [6.45, 7) is 4.42. The molecule has 2 saturated carbocycles. The van der Waals surface area contributed by atoms with Crippen molar-refractivity contribution in [2.75, 3.05) is 0 Å². The van der Waals surface area contributed by atoms with Gasteiger partial charge in [0.15, 0.2) is 0 Å². The third-order valence-corrected chi connectivity index (χ3v) is 4.42. The van der Waals surface area contributed by atoms with Crippen LogP contribution in [0.2, 0.25) is 13.1 Å². The molecule has 0 heterocycles. The second-order valence-corrected chi connectivity index (χ2v) is 7.35. The van der Waals surface area contributed by atoms with Crippen molar-refractivity contribution in [1.82, 2.24) is 0 Å². The topological polar surface area (TPSA) is 0 Å². The van der Waals surface area contributed by atoms with Gasteiger partial charge in [-0.05, 0) is 24.7 Å². The van der Waals surface area contributed by atoms with Gasteiger partial charge in [0.25, 0.3) is 0 Å². The Morgan fingerprint density at radius 1 is 0.833 bits per heavy atom. The minimum atomic E-state index is 0. The monoisotopic (exact) mass is 425 g/mol. The molecule has 2 fully saturated rings. The molecule has 131 valence electrons. The largest absolute Gasteiger partial charge is 4.00 e. The van der Waals surface area contributed by atoms with E-state index in [0.717, 1.165) is 21.4 Å². The Balaban J connectivity index is 0. The summed E-state index contributed by atoms with van der Waals surface area (Å²) in [7, 11) is 0.750. The second kappa shape index (κ2) is 15.0. The smallest absolute Gasteiger partial charge is 1.00 e. The van der Waals surface area contributed by atoms with Crippen LogP contribution in [0.15, 0.2) is 47.6 Å². The van der Waals surface area contributed by atoms with E-state index in [1.165, 1.54) is 38.5 Å². The van der Waals surface area contributed by atoms with Gasteiger partial charge in [0, 0.05) is 9.52 Å². The number of allylic oxidation sites excluding steroid dienone is 8. The molecule has 0 N–H and O–H groups in total.